The number of aliphatic hydroxyl groups excluding tert-OH is 1. The highest BCUT2D eigenvalue weighted by Gasteiger charge is 2.52. The second-order valence-corrected chi connectivity index (χ2v) is 7.91. The van der Waals surface area contributed by atoms with E-state index < -0.39 is 11.6 Å². The minimum absolute atomic E-state index is 0.0747. The molecule has 1 aromatic carbocycles. The second kappa shape index (κ2) is 7.48. The van der Waals surface area contributed by atoms with E-state index in [1.165, 1.54) is 10.6 Å². The van der Waals surface area contributed by atoms with Crippen LogP contribution in [0.15, 0.2) is 30.3 Å². The third-order valence-electron chi connectivity index (χ3n) is 6.06. The largest absolute Gasteiger partial charge is 0.390 e. The van der Waals surface area contributed by atoms with Crippen molar-refractivity contribution in [1.29, 1.82) is 0 Å². The number of hydrogen-bond donors (Lipinski definition) is 2. The van der Waals surface area contributed by atoms with Gasteiger partial charge in [0.2, 0.25) is 0 Å². The fourth-order valence-corrected chi connectivity index (χ4v) is 4.55. The summed E-state index contributed by atoms with van der Waals surface area (Å²) in [6.07, 6.45) is 2.64. The van der Waals surface area contributed by atoms with Gasteiger partial charge in [-0.25, -0.2) is 4.79 Å². The van der Waals surface area contributed by atoms with Crippen LogP contribution in [0.5, 0.6) is 0 Å². The van der Waals surface area contributed by atoms with Crippen LogP contribution in [0.25, 0.3) is 0 Å². The Bertz CT molecular complexity index is 682. The Morgan fingerprint density at radius 3 is 2.33 bits per heavy atom. The van der Waals surface area contributed by atoms with Crippen LogP contribution in [0.1, 0.15) is 25.7 Å². The lowest BCUT2D eigenvalue weighted by molar-refractivity contribution is -0.132. The molecule has 7 nitrogen and oxygen atoms in total. The van der Waals surface area contributed by atoms with Crippen LogP contribution in [0, 0.1) is 0 Å². The van der Waals surface area contributed by atoms with E-state index in [2.05, 4.69) is 27.2 Å². The van der Waals surface area contributed by atoms with Gasteiger partial charge in [0.05, 0.1) is 12.6 Å². The molecule has 1 saturated carbocycles. The van der Waals surface area contributed by atoms with Crippen molar-refractivity contribution >= 4 is 17.6 Å². The number of para-hydroxylation sites is 1. The first-order valence-electron chi connectivity index (χ1n) is 9.92. The molecule has 4 rings (SSSR count). The van der Waals surface area contributed by atoms with E-state index in [4.69, 9.17) is 0 Å². The molecular weight excluding hydrogens is 344 g/mol. The average molecular weight is 372 g/mol. The minimum Gasteiger partial charge on any atom is -0.390 e. The highest BCUT2D eigenvalue weighted by Crippen LogP contribution is 2.35. The number of carbonyl (C=O) groups excluding carboxylic acids is 2. The molecule has 2 aliphatic heterocycles. The van der Waals surface area contributed by atoms with Gasteiger partial charge in [-0.1, -0.05) is 31.0 Å². The molecule has 3 aliphatic rings. The predicted octanol–water partition coefficient (Wildman–Crippen LogP) is 1.03. The summed E-state index contributed by atoms with van der Waals surface area (Å²) in [5, 5.41) is 13.4. The third-order valence-corrected chi connectivity index (χ3v) is 6.06. The predicted molar refractivity (Wildman–Crippen MR) is 103 cm³/mol. The molecule has 7 heteroatoms. The Morgan fingerprint density at radius 1 is 1.00 bits per heavy atom. The van der Waals surface area contributed by atoms with Gasteiger partial charge in [0.25, 0.3) is 5.91 Å². The zero-order valence-corrected chi connectivity index (χ0v) is 15.6. The molecule has 2 saturated heterocycles. The monoisotopic (exact) mass is 372 g/mol. The number of benzene rings is 1. The van der Waals surface area contributed by atoms with E-state index in [1.807, 2.05) is 18.2 Å². The Balaban J connectivity index is 1.27. The highest BCUT2D eigenvalue weighted by molar-refractivity contribution is 6.07. The topological polar surface area (TPSA) is 76.1 Å². The quantitative estimate of drug-likeness (QED) is 0.755. The first-order valence-corrected chi connectivity index (χ1v) is 9.92. The van der Waals surface area contributed by atoms with E-state index >= 15 is 0 Å². The maximum atomic E-state index is 12.7. The smallest absolute Gasteiger partial charge is 0.325 e. The molecule has 3 amide bonds. The lowest BCUT2D eigenvalue weighted by Gasteiger charge is -2.37. The number of piperazine rings is 1. The molecule has 2 heterocycles. The van der Waals surface area contributed by atoms with Crippen LogP contribution >= 0.6 is 0 Å². The average Bonchev–Trinajstić information content (AvgIpc) is 3.24. The maximum Gasteiger partial charge on any atom is 0.325 e. The lowest BCUT2D eigenvalue weighted by Crippen LogP contribution is -2.51. The molecule has 0 bridgehead atoms. The molecular formula is C20H28N4O3. The van der Waals surface area contributed by atoms with Crippen LogP contribution in [0.3, 0.4) is 0 Å². The van der Waals surface area contributed by atoms with Crippen molar-refractivity contribution in [3.8, 4) is 0 Å². The molecule has 1 aliphatic carbocycles. The standard InChI is InChI=1S/C20H28N4O3/c25-17(15-24-18(26)20(21-19(24)27)8-4-5-9-20)14-22-10-12-23(13-11-22)16-6-2-1-3-7-16/h1-3,6-7,17,25H,4-5,8-15H2,(H,21,27). The van der Waals surface area contributed by atoms with Gasteiger partial charge in [0.15, 0.2) is 0 Å². The van der Waals surface area contributed by atoms with Gasteiger partial charge in [-0.2, -0.15) is 0 Å². The fourth-order valence-electron chi connectivity index (χ4n) is 4.55. The van der Waals surface area contributed by atoms with Crippen LogP contribution in [0.4, 0.5) is 10.5 Å². The van der Waals surface area contributed by atoms with E-state index in [0.717, 1.165) is 39.0 Å². The summed E-state index contributed by atoms with van der Waals surface area (Å²) in [5.41, 5.74) is 0.525. The van der Waals surface area contributed by atoms with Crippen molar-refractivity contribution in [2.24, 2.45) is 0 Å². The number of nitrogens with zero attached hydrogens (tertiary/aromatic N) is 3. The summed E-state index contributed by atoms with van der Waals surface area (Å²) < 4.78 is 0. The van der Waals surface area contributed by atoms with Crippen LogP contribution in [-0.4, -0.2) is 77.8 Å². The first kappa shape index (κ1) is 18.3. The van der Waals surface area contributed by atoms with Crippen molar-refractivity contribution in [2.75, 3.05) is 44.2 Å². The van der Waals surface area contributed by atoms with E-state index in [1.54, 1.807) is 0 Å². The van der Waals surface area contributed by atoms with Crippen molar-refractivity contribution in [3.63, 3.8) is 0 Å². The number of rotatable bonds is 5. The first-order chi connectivity index (χ1) is 13.1. The van der Waals surface area contributed by atoms with Gasteiger partial charge in [-0.05, 0) is 25.0 Å². The number of β-amino-alcohol motifs (C(OH)–C–C–N with tert-alkyl or cyclic N) is 1. The molecule has 27 heavy (non-hydrogen) atoms. The summed E-state index contributed by atoms with van der Waals surface area (Å²) in [6.45, 7) is 4.08. The highest BCUT2D eigenvalue weighted by atomic mass is 16.3. The molecule has 1 spiro atoms. The van der Waals surface area contributed by atoms with Gasteiger partial charge in [-0.3, -0.25) is 14.6 Å². The summed E-state index contributed by atoms with van der Waals surface area (Å²) in [6, 6.07) is 9.97. The van der Waals surface area contributed by atoms with E-state index in [9.17, 15) is 14.7 Å². The number of urea groups is 1. The third kappa shape index (κ3) is 3.66. The van der Waals surface area contributed by atoms with Gasteiger partial charge >= 0.3 is 6.03 Å². The molecule has 1 atom stereocenters. The zero-order valence-electron chi connectivity index (χ0n) is 15.6. The van der Waals surface area contributed by atoms with Crippen molar-refractivity contribution < 1.29 is 14.7 Å². The Morgan fingerprint density at radius 2 is 1.67 bits per heavy atom. The fraction of sp³-hybridized carbons (Fsp3) is 0.600. The lowest BCUT2D eigenvalue weighted by atomic mass is 9.98. The molecule has 2 N–H and O–H groups in total. The number of amides is 3. The number of imide groups is 1. The molecule has 3 fully saturated rings. The number of hydrogen-bond acceptors (Lipinski definition) is 5. The van der Waals surface area contributed by atoms with Crippen LogP contribution in [-0.2, 0) is 4.79 Å². The summed E-state index contributed by atoms with van der Waals surface area (Å²) in [7, 11) is 0. The van der Waals surface area contributed by atoms with Gasteiger partial charge < -0.3 is 15.3 Å². The molecule has 1 unspecified atom stereocenters. The normalized spacial score (nSPS) is 23.9. The van der Waals surface area contributed by atoms with Crippen LogP contribution in [0.2, 0.25) is 0 Å². The molecule has 0 radical (unpaired) electrons. The number of anilines is 1. The molecule has 0 aromatic heterocycles. The Hall–Kier alpha value is -2.12. The molecule has 146 valence electrons. The number of carbonyl (C=O) groups is 2. The minimum atomic E-state index is -0.723. The number of aliphatic hydroxyl groups is 1. The van der Waals surface area contributed by atoms with E-state index in [0.29, 0.717) is 19.4 Å². The summed E-state index contributed by atoms with van der Waals surface area (Å²) in [4.78, 5) is 30.7. The van der Waals surface area contributed by atoms with Gasteiger partial charge in [0.1, 0.15) is 5.54 Å². The van der Waals surface area contributed by atoms with Gasteiger partial charge in [0, 0.05) is 38.4 Å². The number of nitrogens with one attached hydrogen (secondary N) is 1. The zero-order chi connectivity index (χ0) is 18.9. The van der Waals surface area contributed by atoms with Crippen LogP contribution < -0.4 is 10.2 Å². The summed E-state index contributed by atoms with van der Waals surface area (Å²) >= 11 is 0. The van der Waals surface area contributed by atoms with Crippen molar-refractivity contribution in [2.45, 2.75) is 37.3 Å². The van der Waals surface area contributed by atoms with Crippen molar-refractivity contribution in [1.82, 2.24) is 15.1 Å². The van der Waals surface area contributed by atoms with E-state index in [-0.39, 0.29) is 18.5 Å². The Kier molecular flexibility index (Phi) is 5.06. The van der Waals surface area contributed by atoms with Gasteiger partial charge in [-0.15, -0.1) is 0 Å². The van der Waals surface area contributed by atoms with Crippen molar-refractivity contribution in [3.05, 3.63) is 30.3 Å². The SMILES string of the molecule is O=C1NC2(CCCC2)C(=O)N1CC(O)CN1CCN(c2ccccc2)CC1. The molecule has 1 aromatic rings. The Labute approximate surface area is 159 Å². The second-order valence-electron chi connectivity index (χ2n) is 7.91. The maximum absolute atomic E-state index is 12.7. The summed E-state index contributed by atoms with van der Waals surface area (Å²) in [5.74, 6) is -0.155.